The second kappa shape index (κ2) is 15.5. The van der Waals surface area contributed by atoms with Gasteiger partial charge in [-0.15, -0.1) is 0 Å². The standard InChI is InChI=1S/C51H53FN2/c1-33-21-22-42(31-47(33)51-43-19-13-12-16-39(43)23-25-54(51)8)44-28-34(2)40(26-36(44)4)17-10-9-11-18-41-27-37(5)45(29-35(41)3)48-32-46(38(6)30-49(48)52)50-20-14-15-24-53(50)7/h12-16,19-32H,9-11,17-18H2,1-8H3/q+2. The van der Waals surface area contributed by atoms with Crippen LogP contribution in [-0.4, -0.2) is 0 Å². The Morgan fingerprint density at radius 2 is 1.11 bits per heavy atom. The van der Waals surface area contributed by atoms with E-state index in [0.29, 0.717) is 5.56 Å². The topological polar surface area (TPSA) is 7.76 Å². The molecule has 2 nitrogen and oxygen atoms in total. The maximum atomic E-state index is 15.5. The van der Waals surface area contributed by atoms with Crippen LogP contribution in [0.3, 0.4) is 0 Å². The fourth-order valence-electron chi connectivity index (χ4n) is 8.35. The van der Waals surface area contributed by atoms with Crippen molar-refractivity contribution in [3.63, 3.8) is 0 Å². The lowest BCUT2D eigenvalue weighted by molar-refractivity contribution is -0.660. The minimum Gasteiger partial charge on any atom is -0.206 e. The molecule has 0 N–H and O–H groups in total. The molecule has 0 fully saturated rings. The first kappa shape index (κ1) is 36.9. The highest BCUT2D eigenvalue weighted by Crippen LogP contribution is 2.36. The van der Waals surface area contributed by atoms with Crippen molar-refractivity contribution in [3.8, 4) is 44.8 Å². The maximum Gasteiger partial charge on any atom is 0.220 e. The van der Waals surface area contributed by atoms with Crippen molar-refractivity contribution in [2.75, 3.05) is 0 Å². The van der Waals surface area contributed by atoms with Gasteiger partial charge in [0.1, 0.15) is 19.9 Å². The summed E-state index contributed by atoms with van der Waals surface area (Å²) in [6, 6.07) is 37.0. The molecule has 272 valence electrons. The quantitative estimate of drug-likeness (QED) is 0.0985. The van der Waals surface area contributed by atoms with Crippen LogP contribution in [0, 0.1) is 47.4 Å². The molecule has 5 aromatic carbocycles. The van der Waals surface area contributed by atoms with Gasteiger partial charge in [0, 0.05) is 29.3 Å². The molecule has 0 saturated carbocycles. The second-order valence-corrected chi connectivity index (χ2v) is 15.5. The van der Waals surface area contributed by atoms with Crippen molar-refractivity contribution in [2.24, 2.45) is 14.1 Å². The van der Waals surface area contributed by atoms with Crippen molar-refractivity contribution >= 4 is 10.8 Å². The van der Waals surface area contributed by atoms with Crippen LogP contribution < -0.4 is 9.13 Å². The zero-order chi connectivity index (χ0) is 38.1. The molecule has 0 aliphatic heterocycles. The van der Waals surface area contributed by atoms with Gasteiger partial charge in [-0.3, -0.25) is 0 Å². The zero-order valence-corrected chi connectivity index (χ0v) is 33.3. The van der Waals surface area contributed by atoms with E-state index in [4.69, 9.17) is 0 Å². The number of fused-ring (bicyclic) bond motifs is 1. The molecule has 3 heteroatoms. The Hall–Kier alpha value is -5.41. The highest BCUT2D eigenvalue weighted by Gasteiger charge is 2.20. The van der Waals surface area contributed by atoms with Crippen LogP contribution in [0.25, 0.3) is 55.5 Å². The molecule has 0 aliphatic carbocycles. The number of halogens is 1. The van der Waals surface area contributed by atoms with Crippen molar-refractivity contribution in [3.05, 3.63) is 166 Å². The number of rotatable bonds is 10. The Labute approximate surface area is 321 Å². The average Bonchev–Trinajstić information content (AvgIpc) is 3.15. The van der Waals surface area contributed by atoms with E-state index in [1.807, 2.05) is 38.4 Å². The van der Waals surface area contributed by atoms with Gasteiger partial charge in [0.05, 0.1) is 10.9 Å². The number of hydrogen-bond acceptors (Lipinski definition) is 0. The Morgan fingerprint density at radius 1 is 0.463 bits per heavy atom. The number of unbranched alkanes of at least 4 members (excludes halogenated alkanes) is 2. The van der Waals surface area contributed by atoms with Crippen LogP contribution >= 0.6 is 0 Å². The largest absolute Gasteiger partial charge is 0.220 e. The minimum absolute atomic E-state index is 0.164. The van der Waals surface area contributed by atoms with Crippen LogP contribution in [0.1, 0.15) is 63.8 Å². The fraction of sp³-hybridized carbons (Fsp3) is 0.255. The number of hydrogen-bond donors (Lipinski definition) is 0. The van der Waals surface area contributed by atoms with Crippen molar-refractivity contribution in [2.45, 2.75) is 73.6 Å². The van der Waals surface area contributed by atoms with Crippen LogP contribution in [0.5, 0.6) is 0 Å². The summed E-state index contributed by atoms with van der Waals surface area (Å²) in [5, 5.41) is 2.54. The lowest BCUT2D eigenvalue weighted by Crippen LogP contribution is -2.30. The van der Waals surface area contributed by atoms with E-state index in [1.54, 1.807) is 6.07 Å². The lowest BCUT2D eigenvalue weighted by Gasteiger charge is -2.16. The molecule has 0 amide bonds. The van der Waals surface area contributed by atoms with Gasteiger partial charge in [0.25, 0.3) is 0 Å². The van der Waals surface area contributed by atoms with Crippen LogP contribution in [0.15, 0.2) is 116 Å². The predicted octanol–water partition coefficient (Wildman–Crippen LogP) is 12.1. The highest BCUT2D eigenvalue weighted by atomic mass is 19.1. The van der Waals surface area contributed by atoms with Gasteiger partial charge in [-0.1, -0.05) is 61.0 Å². The third-order valence-electron chi connectivity index (χ3n) is 11.5. The summed E-state index contributed by atoms with van der Waals surface area (Å²) in [5.41, 5.74) is 19.0. The lowest BCUT2D eigenvalue weighted by atomic mass is 9.89. The van der Waals surface area contributed by atoms with Gasteiger partial charge < -0.3 is 0 Å². The van der Waals surface area contributed by atoms with E-state index in [-0.39, 0.29) is 5.82 Å². The molecule has 0 spiro atoms. The van der Waals surface area contributed by atoms with E-state index in [9.17, 15) is 0 Å². The smallest absolute Gasteiger partial charge is 0.206 e. The summed E-state index contributed by atoms with van der Waals surface area (Å²) in [5.74, 6) is -0.164. The Morgan fingerprint density at radius 3 is 1.83 bits per heavy atom. The third-order valence-corrected chi connectivity index (χ3v) is 11.5. The number of aryl methyl sites for hydroxylation is 10. The molecule has 7 rings (SSSR count). The van der Waals surface area contributed by atoms with E-state index in [0.717, 1.165) is 53.6 Å². The van der Waals surface area contributed by atoms with Crippen LogP contribution in [0.2, 0.25) is 0 Å². The Bertz CT molecular complexity index is 2520. The van der Waals surface area contributed by atoms with Gasteiger partial charge in [-0.2, -0.15) is 0 Å². The first-order valence-electron chi connectivity index (χ1n) is 19.4. The first-order chi connectivity index (χ1) is 26.0. The monoisotopic (exact) mass is 712 g/mol. The van der Waals surface area contributed by atoms with E-state index in [2.05, 4.69) is 136 Å². The summed E-state index contributed by atoms with van der Waals surface area (Å²) < 4.78 is 19.8. The normalized spacial score (nSPS) is 11.4. The Balaban J connectivity index is 1.02. The van der Waals surface area contributed by atoms with Gasteiger partial charge in [-0.25, -0.2) is 13.5 Å². The number of benzene rings is 5. The molecular formula is C51H53FN2+2. The molecule has 0 bridgehead atoms. The SMILES string of the molecule is Cc1cc(-c2ccc(C)c(-c3c4ccccc4cc[n+]3C)c2)c(C)cc1CCCCCc1cc(C)c(-c2cc(-c3cccc[n+]3C)c(C)cc2F)cc1C. The van der Waals surface area contributed by atoms with E-state index >= 15 is 4.39 Å². The van der Waals surface area contributed by atoms with Gasteiger partial charge in [0.15, 0.2) is 12.4 Å². The number of nitrogens with zero attached hydrogens (tertiary/aromatic N) is 2. The number of aromatic nitrogens is 2. The molecule has 0 aliphatic rings. The molecular weight excluding hydrogens is 660 g/mol. The molecule has 54 heavy (non-hydrogen) atoms. The first-order valence-corrected chi connectivity index (χ1v) is 19.4. The highest BCUT2D eigenvalue weighted by molar-refractivity contribution is 5.94. The van der Waals surface area contributed by atoms with Crippen molar-refractivity contribution < 1.29 is 13.5 Å². The third kappa shape index (κ3) is 7.37. The Kier molecular flexibility index (Phi) is 10.6. The van der Waals surface area contributed by atoms with Gasteiger partial charge in [0.2, 0.25) is 11.4 Å². The van der Waals surface area contributed by atoms with Crippen molar-refractivity contribution in [1.29, 1.82) is 0 Å². The summed E-state index contributed by atoms with van der Waals surface area (Å²) in [6.45, 7) is 13.0. The molecule has 0 atom stereocenters. The maximum absolute atomic E-state index is 15.5. The molecule has 7 aromatic rings. The summed E-state index contributed by atoms with van der Waals surface area (Å²) in [4.78, 5) is 0. The molecule has 2 aromatic heterocycles. The molecule has 0 saturated heterocycles. The molecule has 0 radical (unpaired) electrons. The minimum atomic E-state index is -0.164. The average molecular weight is 713 g/mol. The van der Waals surface area contributed by atoms with Crippen LogP contribution in [-0.2, 0) is 26.9 Å². The second-order valence-electron chi connectivity index (χ2n) is 15.5. The fourth-order valence-corrected chi connectivity index (χ4v) is 8.35. The summed E-state index contributed by atoms with van der Waals surface area (Å²) in [6.07, 6.45) is 9.81. The number of pyridine rings is 2. The van der Waals surface area contributed by atoms with E-state index < -0.39 is 0 Å². The molecule has 2 heterocycles. The summed E-state index contributed by atoms with van der Waals surface area (Å²) >= 11 is 0. The van der Waals surface area contributed by atoms with Crippen LogP contribution in [0.4, 0.5) is 4.39 Å². The van der Waals surface area contributed by atoms with Gasteiger partial charge >= 0.3 is 0 Å². The van der Waals surface area contributed by atoms with E-state index in [1.165, 1.54) is 73.0 Å². The zero-order valence-electron chi connectivity index (χ0n) is 33.3. The molecule has 0 unspecified atom stereocenters. The predicted molar refractivity (Wildman–Crippen MR) is 224 cm³/mol. The van der Waals surface area contributed by atoms with Crippen molar-refractivity contribution in [1.82, 2.24) is 0 Å². The van der Waals surface area contributed by atoms with Gasteiger partial charge in [-0.05, 0) is 164 Å². The summed E-state index contributed by atoms with van der Waals surface area (Å²) in [7, 11) is 4.18.